The lowest BCUT2D eigenvalue weighted by atomic mass is 10.1. The van der Waals surface area contributed by atoms with Gasteiger partial charge in [0.25, 0.3) is 5.91 Å². The van der Waals surface area contributed by atoms with Crippen LogP contribution in [-0.2, 0) is 20.9 Å². The topological polar surface area (TPSA) is 101 Å². The van der Waals surface area contributed by atoms with E-state index < -0.39 is 5.92 Å². The second-order valence-electron chi connectivity index (χ2n) is 7.54. The molecule has 0 saturated carbocycles. The second-order valence-corrected chi connectivity index (χ2v) is 7.54. The van der Waals surface area contributed by atoms with Crippen LogP contribution in [0.5, 0.6) is 5.75 Å². The molecule has 0 bridgehead atoms. The van der Waals surface area contributed by atoms with Crippen molar-refractivity contribution in [1.82, 2.24) is 5.32 Å². The molecule has 4 rings (SSSR count). The van der Waals surface area contributed by atoms with E-state index in [1.165, 1.54) is 30.5 Å². The number of halogens is 1. The minimum absolute atomic E-state index is 0.131. The van der Waals surface area contributed by atoms with Crippen LogP contribution in [0.15, 0.2) is 71.3 Å². The second kappa shape index (κ2) is 9.99. The third-order valence-electron chi connectivity index (χ3n) is 5.16. The average Bonchev–Trinajstić information content (AvgIpc) is 3.48. The number of hydrogen-bond acceptors (Lipinski definition) is 5. The standard InChI is InChI=1S/C24H22FN3O5/c25-17-3-5-18(6-4-17)27-22(29)15-33-20-9-7-19(8-10-20)28-14-16(12-23(28)30)24(31)26-13-21-2-1-11-32-21/h1-11,16H,12-15H2,(H,26,31)(H,27,29)/t16-/m0/s1. The Hall–Kier alpha value is -4.14. The molecule has 1 atom stereocenters. The van der Waals surface area contributed by atoms with E-state index in [0.29, 0.717) is 22.9 Å². The van der Waals surface area contributed by atoms with Crippen molar-refractivity contribution in [2.45, 2.75) is 13.0 Å². The van der Waals surface area contributed by atoms with Gasteiger partial charge in [-0.3, -0.25) is 14.4 Å². The number of hydrogen-bond donors (Lipinski definition) is 2. The molecule has 8 nitrogen and oxygen atoms in total. The van der Waals surface area contributed by atoms with Crippen molar-refractivity contribution in [3.05, 3.63) is 78.5 Å². The van der Waals surface area contributed by atoms with Gasteiger partial charge in [-0.2, -0.15) is 0 Å². The zero-order valence-electron chi connectivity index (χ0n) is 17.6. The van der Waals surface area contributed by atoms with Gasteiger partial charge in [0, 0.05) is 24.3 Å². The fourth-order valence-corrected chi connectivity index (χ4v) is 3.47. The molecule has 1 aliphatic rings. The van der Waals surface area contributed by atoms with Crippen LogP contribution in [-0.4, -0.2) is 30.9 Å². The molecule has 33 heavy (non-hydrogen) atoms. The fraction of sp³-hybridized carbons (Fsp3) is 0.208. The molecule has 0 spiro atoms. The van der Waals surface area contributed by atoms with Gasteiger partial charge in [-0.1, -0.05) is 0 Å². The largest absolute Gasteiger partial charge is 0.484 e. The van der Waals surface area contributed by atoms with Crippen molar-refractivity contribution in [3.63, 3.8) is 0 Å². The number of carbonyl (C=O) groups is 3. The van der Waals surface area contributed by atoms with Gasteiger partial charge in [0.1, 0.15) is 17.3 Å². The first-order valence-corrected chi connectivity index (χ1v) is 10.4. The van der Waals surface area contributed by atoms with Crippen molar-refractivity contribution in [2.75, 3.05) is 23.4 Å². The molecule has 2 heterocycles. The Morgan fingerprint density at radius 3 is 2.55 bits per heavy atom. The molecular weight excluding hydrogens is 429 g/mol. The molecule has 2 N–H and O–H groups in total. The number of rotatable bonds is 8. The van der Waals surface area contributed by atoms with Crippen LogP contribution in [0.25, 0.3) is 0 Å². The zero-order valence-corrected chi connectivity index (χ0v) is 17.6. The van der Waals surface area contributed by atoms with Crippen LogP contribution in [0.2, 0.25) is 0 Å². The Balaban J connectivity index is 1.26. The average molecular weight is 451 g/mol. The van der Waals surface area contributed by atoms with Crippen molar-refractivity contribution >= 4 is 29.1 Å². The summed E-state index contributed by atoms with van der Waals surface area (Å²) in [6.45, 7) is 0.331. The van der Waals surface area contributed by atoms with Gasteiger partial charge >= 0.3 is 0 Å². The van der Waals surface area contributed by atoms with Gasteiger partial charge in [-0.25, -0.2) is 4.39 Å². The van der Waals surface area contributed by atoms with Gasteiger partial charge in [-0.15, -0.1) is 0 Å². The fourth-order valence-electron chi connectivity index (χ4n) is 3.47. The molecular formula is C24H22FN3O5. The Bertz CT molecular complexity index is 1110. The van der Waals surface area contributed by atoms with E-state index in [1.54, 1.807) is 41.3 Å². The van der Waals surface area contributed by atoms with Crippen LogP contribution < -0.4 is 20.3 Å². The highest BCUT2D eigenvalue weighted by Crippen LogP contribution is 2.27. The van der Waals surface area contributed by atoms with E-state index in [1.807, 2.05) is 0 Å². The van der Waals surface area contributed by atoms with Gasteiger partial charge in [0.15, 0.2) is 6.61 Å². The predicted molar refractivity (Wildman–Crippen MR) is 118 cm³/mol. The van der Waals surface area contributed by atoms with Crippen LogP contribution in [0, 0.1) is 11.7 Å². The third kappa shape index (κ3) is 5.76. The first-order chi connectivity index (χ1) is 16.0. The maximum atomic E-state index is 12.9. The lowest BCUT2D eigenvalue weighted by molar-refractivity contribution is -0.126. The molecule has 2 aromatic carbocycles. The zero-order chi connectivity index (χ0) is 23.2. The highest BCUT2D eigenvalue weighted by atomic mass is 19.1. The molecule has 1 saturated heterocycles. The number of carbonyl (C=O) groups excluding carboxylic acids is 3. The quantitative estimate of drug-likeness (QED) is 0.548. The lowest BCUT2D eigenvalue weighted by Crippen LogP contribution is -2.32. The number of nitrogens with zero attached hydrogens (tertiary/aromatic N) is 1. The maximum Gasteiger partial charge on any atom is 0.262 e. The molecule has 3 aromatic rings. The third-order valence-corrected chi connectivity index (χ3v) is 5.16. The Morgan fingerprint density at radius 2 is 1.85 bits per heavy atom. The van der Waals surface area contributed by atoms with E-state index in [0.717, 1.165) is 0 Å². The summed E-state index contributed by atoms with van der Waals surface area (Å²) in [5.74, 6) is -0.460. The number of nitrogens with one attached hydrogen (secondary N) is 2. The molecule has 1 aliphatic heterocycles. The highest BCUT2D eigenvalue weighted by molar-refractivity contribution is 6.00. The summed E-state index contributed by atoms with van der Waals surface area (Å²) in [5.41, 5.74) is 1.11. The van der Waals surface area contributed by atoms with Crippen LogP contribution in [0.3, 0.4) is 0 Å². The molecule has 9 heteroatoms. The number of benzene rings is 2. The summed E-state index contributed by atoms with van der Waals surface area (Å²) in [4.78, 5) is 38.4. The Labute approximate surface area is 189 Å². The summed E-state index contributed by atoms with van der Waals surface area (Å²) in [6, 6.07) is 15.6. The van der Waals surface area contributed by atoms with Gasteiger partial charge in [0.2, 0.25) is 11.8 Å². The van der Waals surface area contributed by atoms with Crippen LogP contribution >= 0.6 is 0 Å². The SMILES string of the molecule is O=C(COc1ccc(N2C[C@@H](C(=O)NCc3ccco3)CC2=O)cc1)Nc1ccc(F)cc1. The van der Waals surface area contributed by atoms with E-state index in [4.69, 9.17) is 9.15 Å². The van der Waals surface area contributed by atoms with Crippen molar-refractivity contribution in [2.24, 2.45) is 5.92 Å². The van der Waals surface area contributed by atoms with Crippen molar-refractivity contribution in [3.8, 4) is 5.75 Å². The van der Waals surface area contributed by atoms with E-state index in [9.17, 15) is 18.8 Å². The lowest BCUT2D eigenvalue weighted by Gasteiger charge is -2.17. The summed E-state index contributed by atoms with van der Waals surface area (Å²) < 4.78 is 23.6. The summed E-state index contributed by atoms with van der Waals surface area (Å²) in [5, 5.41) is 5.40. The van der Waals surface area contributed by atoms with Crippen LogP contribution in [0.1, 0.15) is 12.2 Å². The van der Waals surface area contributed by atoms with Crippen molar-refractivity contribution < 1.29 is 27.9 Å². The summed E-state index contributed by atoms with van der Waals surface area (Å²) in [7, 11) is 0. The molecule has 3 amide bonds. The molecule has 0 aliphatic carbocycles. The number of amides is 3. The normalized spacial score (nSPS) is 15.4. The Morgan fingerprint density at radius 1 is 1.09 bits per heavy atom. The van der Waals surface area contributed by atoms with E-state index in [-0.39, 0.29) is 49.7 Å². The molecule has 1 aromatic heterocycles. The first-order valence-electron chi connectivity index (χ1n) is 10.4. The van der Waals surface area contributed by atoms with Crippen LogP contribution in [0.4, 0.5) is 15.8 Å². The maximum absolute atomic E-state index is 12.9. The minimum atomic E-state index is -0.446. The van der Waals surface area contributed by atoms with E-state index >= 15 is 0 Å². The molecule has 1 fully saturated rings. The molecule has 0 unspecified atom stereocenters. The first kappa shape index (κ1) is 22.1. The highest BCUT2D eigenvalue weighted by Gasteiger charge is 2.35. The molecule has 170 valence electrons. The number of furan rings is 1. The van der Waals surface area contributed by atoms with E-state index in [2.05, 4.69) is 10.6 Å². The Kier molecular flexibility index (Phi) is 6.68. The number of ether oxygens (including phenoxy) is 1. The van der Waals surface area contributed by atoms with Gasteiger partial charge in [-0.05, 0) is 60.7 Å². The van der Waals surface area contributed by atoms with Gasteiger partial charge in [0.05, 0.1) is 18.7 Å². The summed E-state index contributed by atoms with van der Waals surface area (Å²) in [6.07, 6.45) is 1.67. The van der Waals surface area contributed by atoms with Crippen molar-refractivity contribution in [1.29, 1.82) is 0 Å². The smallest absolute Gasteiger partial charge is 0.262 e. The van der Waals surface area contributed by atoms with Gasteiger partial charge < -0.3 is 24.7 Å². The predicted octanol–water partition coefficient (Wildman–Crippen LogP) is 3.11. The minimum Gasteiger partial charge on any atom is -0.484 e. The monoisotopic (exact) mass is 451 g/mol. The number of anilines is 2. The summed E-state index contributed by atoms with van der Waals surface area (Å²) >= 11 is 0. The molecule has 0 radical (unpaired) electrons.